The lowest BCUT2D eigenvalue weighted by molar-refractivity contribution is 0.659. The Kier molecular flexibility index (Phi) is 7.66. The Morgan fingerprint density at radius 2 is 1.33 bits per heavy atom. The highest BCUT2D eigenvalue weighted by Gasteiger charge is 2.33. The van der Waals surface area contributed by atoms with E-state index in [-0.39, 0.29) is 11.8 Å². The van der Waals surface area contributed by atoms with Crippen LogP contribution in [-0.4, -0.2) is 11.7 Å². The highest BCUT2D eigenvalue weighted by atomic mass is 16.3. The second-order valence-electron chi connectivity index (χ2n) is 14.0. The quantitative estimate of drug-likeness (QED) is 0.0988. The van der Waals surface area contributed by atoms with Crippen LogP contribution >= 0.6 is 0 Å². The van der Waals surface area contributed by atoms with Gasteiger partial charge in [-0.15, -0.1) is 0 Å². The monoisotopic (exact) mass is 692 g/mol. The van der Waals surface area contributed by atoms with Crippen molar-refractivity contribution in [1.82, 2.24) is 4.98 Å². The molecule has 0 aliphatic heterocycles. The third-order valence-corrected chi connectivity index (χ3v) is 11.2. The molecule has 10 rings (SSSR count). The molecule has 0 spiro atoms. The molecule has 2 unspecified atom stereocenters. The molecule has 0 radical (unpaired) electrons. The van der Waals surface area contributed by atoms with Gasteiger partial charge in [-0.25, -0.2) is 0 Å². The molecule has 0 fully saturated rings. The molecular weight excluding hydrogens is 657 g/mol. The first-order valence-corrected chi connectivity index (χ1v) is 18.5. The lowest BCUT2D eigenvalue weighted by Gasteiger charge is -2.33. The van der Waals surface area contributed by atoms with Crippen molar-refractivity contribution in [3.63, 3.8) is 0 Å². The Balaban J connectivity index is 1.23. The van der Waals surface area contributed by atoms with Gasteiger partial charge in [0.2, 0.25) is 0 Å². The fourth-order valence-corrected chi connectivity index (χ4v) is 9.05. The maximum atomic E-state index is 7.04. The number of fused-ring (bicyclic) bond motifs is 7. The lowest BCUT2D eigenvalue weighted by Crippen LogP contribution is -2.40. The van der Waals surface area contributed by atoms with Crippen molar-refractivity contribution in [1.29, 1.82) is 0 Å². The van der Waals surface area contributed by atoms with Crippen LogP contribution in [0.4, 0.5) is 0 Å². The van der Waals surface area contributed by atoms with Gasteiger partial charge in [0.15, 0.2) is 0 Å². The number of aromatic nitrogens is 1. The Labute approximate surface area is 313 Å². The van der Waals surface area contributed by atoms with Crippen LogP contribution in [0.2, 0.25) is 0 Å². The molecule has 2 aliphatic carbocycles. The van der Waals surface area contributed by atoms with E-state index in [1.54, 1.807) is 0 Å². The molecule has 2 heterocycles. The largest absolute Gasteiger partial charge is 0.455 e. The van der Waals surface area contributed by atoms with Crippen molar-refractivity contribution in [2.75, 3.05) is 0 Å². The van der Waals surface area contributed by atoms with E-state index in [1.807, 2.05) is 31.6 Å². The number of pyridine rings is 1. The topological polar surface area (TPSA) is 38.4 Å². The highest BCUT2D eigenvalue weighted by Crippen LogP contribution is 2.46. The standard InChI is InChI=1S/C51H36N2O/c1-3-14-33(30-52-2)48-40-20-8-10-22-42(40)50(43-23-11-9-21-41(43)48)45-25-12-24-44-35-27-26-32(29-46(35)54-51(44)45)47-36-16-4-6-18-38(36)49(34-15-13-28-53-31-34)39-19-7-5-17-37(39)47/h3-31,40,42H,2H2,1H3/b14-3-,33-30+. The summed E-state index contributed by atoms with van der Waals surface area (Å²) in [7, 11) is 0. The van der Waals surface area contributed by atoms with Crippen molar-refractivity contribution in [3.05, 3.63) is 198 Å². The maximum Gasteiger partial charge on any atom is 0.142 e. The molecule has 3 heteroatoms. The van der Waals surface area contributed by atoms with Gasteiger partial charge in [-0.05, 0) is 97.2 Å². The van der Waals surface area contributed by atoms with E-state index in [0.717, 1.165) is 44.2 Å². The van der Waals surface area contributed by atoms with Gasteiger partial charge in [0, 0.05) is 52.3 Å². The van der Waals surface area contributed by atoms with Crippen molar-refractivity contribution in [3.8, 4) is 22.3 Å². The fraction of sp³-hybridized carbons (Fsp3) is 0.0588. The lowest BCUT2D eigenvalue weighted by atomic mass is 9.70. The van der Waals surface area contributed by atoms with Crippen LogP contribution in [0, 0.1) is 11.8 Å². The van der Waals surface area contributed by atoms with Crippen LogP contribution in [0.3, 0.4) is 0 Å². The van der Waals surface area contributed by atoms with Gasteiger partial charge in [0.25, 0.3) is 0 Å². The molecule has 0 N–H and O–H groups in total. The molecule has 0 saturated carbocycles. The van der Waals surface area contributed by atoms with Crippen molar-refractivity contribution in [2.45, 2.75) is 6.92 Å². The van der Waals surface area contributed by atoms with Crippen molar-refractivity contribution < 1.29 is 4.42 Å². The minimum atomic E-state index is 0.115. The maximum absolute atomic E-state index is 7.04. The predicted molar refractivity (Wildman–Crippen MR) is 227 cm³/mol. The molecule has 3 nitrogen and oxygen atoms in total. The van der Waals surface area contributed by atoms with Gasteiger partial charge in [-0.2, -0.15) is 0 Å². The van der Waals surface area contributed by atoms with Gasteiger partial charge in [0.05, 0.1) is 0 Å². The second-order valence-corrected chi connectivity index (χ2v) is 14.0. The van der Waals surface area contributed by atoms with E-state index in [4.69, 9.17) is 4.42 Å². The van der Waals surface area contributed by atoms with E-state index in [2.05, 4.69) is 168 Å². The first-order valence-electron chi connectivity index (χ1n) is 18.5. The van der Waals surface area contributed by atoms with Gasteiger partial charge < -0.3 is 4.42 Å². The average Bonchev–Trinajstić information content (AvgIpc) is 3.60. The number of hydrogen-bond acceptors (Lipinski definition) is 3. The van der Waals surface area contributed by atoms with E-state index >= 15 is 0 Å². The summed E-state index contributed by atoms with van der Waals surface area (Å²) in [5, 5.41) is 9.47. The average molecular weight is 693 g/mol. The molecule has 2 atom stereocenters. The van der Waals surface area contributed by atoms with E-state index in [9.17, 15) is 0 Å². The van der Waals surface area contributed by atoms with Crippen molar-refractivity contribution in [2.24, 2.45) is 16.8 Å². The first kappa shape index (κ1) is 31.9. The molecular formula is C51H36N2O. The predicted octanol–water partition coefficient (Wildman–Crippen LogP) is 11.5. The van der Waals surface area contributed by atoms with Gasteiger partial charge in [0.1, 0.15) is 11.2 Å². The van der Waals surface area contributed by atoms with E-state index in [1.165, 1.54) is 54.3 Å². The second kappa shape index (κ2) is 13.0. The normalized spacial score (nSPS) is 16.9. The zero-order chi connectivity index (χ0) is 36.2. The number of benzene rings is 6. The number of hydrogen-bond donors (Lipinski definition) is 0. The molecule has 8 aromatic rings. The van der Waals surface area contributed by atoms with Crippen LogP contribution in [0.1, 0.15) is 12.5 Å². The van der Waals surface area contributed by atoms with Crippen molar-refractivity contribution >= 4 is 61.3 Å². The Morgan fingerprint density at radius 3 is 2.02 bits per heavy atom. The summed E-state index contributed by atoms with van der Waals surface area (Å²) in [5.41, 5.74) is 11.2. The molecule has 54 heavy (non-hydrogen) atoms. The smallest absolute Gasteiger partial charge is 0.142 e. The van der Waals surface area contributed by atoms with Crippen LogP contribution in [0.5, 0.6) is 0 Å². The highest BCUT2D eigenvalue weighted by molar-refractivity contribution is 6.22. The molecule has 256 valence electrons. The van der Waals surface area contributed by atoms with Crippen LogP contribution in [0.25, 0.3) is 76.9 Å². The minimum Gasteiger partial charge on any atom is -0.455 e. The Hall–Kier alpha value is -6.84. The SMILES string of the molecule is C=N/C=C(\C=C/C)C1=c2ccccc2=C(c2cccc3c2oc2cc(-c4c5ccccc5c(-c5cccnc5)c5ccccc45)ccc23)C2C=CC=CC12. The number of allylic oxidation sites excluding steroid dienone is 7. The molecule has 0 bridgehead atoms. The summed E-state index contributed by atoms with van der Waals surface area (Å²) in [4.78, 5) is 8.69. The van der Waals surface area contributed by atoms with Gasteiger partial charge in [-0.1, -0.05) is 140 Å². The summed E-state index contributed by atoms with van der Waals surface area (Å²) >= 11 is 0. The molecule has 0 saturated heterocycles. The minimum absolute atomic E-state index is 0.115. The third-order valence-electron chi connectivity index (χ3n) is 11.2. The summed E-state index contributed by atoms with van der Waals surface area (Å²) in [6, 6.07) is 43.8. The summed E-state index contributed by atoms with van der Waals surface area (Å²) < 4.78 is 7.04. The number of rotatable bonds is 6. The summed E-state index contributed by atoms with van der Waals surface area (Å²) in [6.07, 6.45) is 18.9. The zero-order valence-electron chi connectivity index (χ0n) is 29.9. The van der Waals surface area contributed by atoms with E-state index < -0.39 is 0 Å². The van der Waals surface area contributed by atoms with Crippen LogP contribution in [0.15, 0.2) is 191 Å². The fourth-order valence-electron chi connectivity index (χ4n) is 9.05. The molecule has 2 aromatic heterocycles. The molecule has 0 amide bonds. The first-order chi connectivity index (χ1) is 26.7. The summed E-state index contributed by atoms with van der Waals surface area (Å²) in [6.45, 7) is 5.85. The number of furan rings is 1. The number of aliphatic imine (C=N–C) groups is 1. The van der Waals surface area contributed by atoms with Gasteiger partial charge >= 0.3 is 0 Å². The number of para-hydroxylation sites is 1. The van der Waals surface area contributed by atoms with E-state index in [0.29, 0.717) is 0 Å². The molecule has 2 aliphatic rings. The molecule has 6 aromatic carbocycles. The van der Waals surface area contributed by atoms with Crippen LogP contribution < -0.4 is 10.4 Å². The zero-order valence-corrected chi connectivity index (χ0v) is 29.9. The number of nitrogens with zero attached hydrogens (tertiary/aromatic N) is 2. The van der Waals surface area contributed by atoms with Gasteiger partial charge in [-0.3, -0.25) is 9.98 Å². The summed E-state index contributed by atoms with van der Waals surface area (Å²) in [5.74, 6) is 0.246. The Bertz CT molecular complexity index is 3030. The third kappa shape index (κ3) is 4.89. The van der Waals surface area contributed by atoms with Crippen LogP contribution in [-0.2, 0) is 0 Å². The Morgan fingerprint density at radius 1 is 0.667 bits per heavy atom.